The Morgan fingerprint density at radius 1 is 1.00 bits per heavy atom. The second-order valence-electron chi connectivity index (χ2n) is 8.99. The van der Waals surface area contributed by atoms with Gasteiger partial charge in [0.05, 0.1) is 35.0 Å². The normalized spacial score (nSPS) is 11.3. The van der Waals surface area contributed by atoms with Crippen molar-refractivity contribution >= 4 is 55.4 Å². The van der Waals surface area contributed by atoms with Gasteiger partial charge in [-0.2, -0.15) is 5.10 Å². The fourth-order valence-corrected chi connectivity index (χ4v) is 6.07. The summed E-state index contributed by atoms with van der Waals surface area (Å²) in [7, 11) is -2.60. The van der Waals surface area contributed by atoms with Gasteiger partial charge in [0.1, 0.15) is 18.9 Å². The zero-order valence-corrected chi connectivity index (χ0v) is 26.5. The van der Waals surface area contributed by atoms with Crippen LogP contribution in [0.15, 0.2) is 105 Å². The van der Waals surface area contributed by atoms with Crippen LogP contribution in [0.1, 0.15) is 18.1 Å². The number of hydrazone groups is 1. The largest absolute Gasteiger partial charge is 0.494 e. The number of nitrogens with one attached hydrogen (secondary N) is 1. The van der Waals surface area contributed by atoms with Gasteiger partial charge in [0.2, 0.25) is 0 Å². The summed E-state index contributed by atoms with van der Waals surface area (Å²) < 4.78 is 45.7. The quantitative estimate of drug-likeness (QED) is 0.128. The summed E-state index contributed by atoms with van der Waals surface area (Å²) in [4.78, 5) is 12.9. The molecule has 0 saturated carbocycles. The van der Waals surface area contributed by atoms with Crippen LogP contribution in [0, 0.1) is 0 Å². The van der Waals surface area contributed by atoms with Crippen molar-refractivity contribution in [1.82, 2.24) is 5.43 Å². The van der Waals surface area contributed by atoms with Crippen molar-refractivity contribution in [2.75, 3.05) is 24.6 Å². The Bertz CT molecular complexity index is 1670. The first-order valence-corrected chi connectivity index (χ1v) is 15.7. The SMILES string of the molecule is CCOc1ccc(N(CC(=O)N/N=C\c2cc(Br)c(OCc3ccccc3)c(OC)c2)S(=O)(=O)c2ccc(Cl)cc2)cc1. The Kier molecular flexibility index (Phi) is 11.0. The highest BCUT2D eigenvalue weighted by Crippen LogP contribution is 2.37. The molecule has 0 aromatic heterocycles. The molecule has 0 bridgehead atoms. The average molecular weight is 687 g/mol. The van der Waals surface area contributed by atoms with Gasteiger partial charge in [-0.3, -0.25) is 9.10 Å². The molecule has 9 nitrogen and oxygen atoms in total. The van der Waals surface area contributed by atoms with E-state index in [9.17, 15) is 13.2 Å². The van der Waals surface area contributed by atoms with E-state index in [1.807, 2.05) is 37.3 Å². The lowest BCUT2D eigenvalue weighted by Crippen LogP contribution is -2.39. The van der Waals surface area contributed by atoms with Gasteiger partial charge in [0, 0.05) is 5.02 Å². The Morgan fingerprint density at radius 3 is 2.35 bits per heavy atom. The first-order valence-electron chi connectivity index (χ1n) is 13.1. The van der Waals surface area contributed by atoms with Gasteiger partial charge in [0.25, 0.3) is 15.9 Å². The zero-order chi connectivity index (χ0) is 30.8. The number of ether oxygens (including phenoxy) is 3. The van der Waals surface area contributed by atoms with Crippen LogP contribution in [0.2, 0.25) is 5.02 Å². The van der Waals surface area contributed by atoms with E-state index in [2.05, 4.69) is 26.5 Å². The minimum atomic E-state index is -4.13. The number of carbonyl (C=O) groups excluding carboxylic acids is 1. The number of carbonyl (C=O) groups is 1. The third-order valence-corrected chi connectivity index (χ3v) is 8.63. The number of halogens is 2. The molecular formula is C31H29BrClN3O6S. The second kappa shape index (κ2) is 14.9. The number of methoxy groups -OCH3 is 1. The summed E-state index contributed by atoms with van der Waals surface area (Å²) in [5.41, 5.74) is 4.29. The smallest absolute Gasteiger partial charge is 0.264 e. The standard InChI is InChI=1S/C31H29BrClN3O6S/c1-3-41-26-13-11-25(12-14-26)36(43(38,39)27-15-9-24(33)10-16-27)20-30(37)35-34-19-23-17-28(32)31(29(18-23)40-2)42-21-22-7-5-4-6-8-22/h4-19H,3,20-21H2,1-2H3,(H,35,37)/b34-19-. The van der Waals surface area contributed by atoms with Crippen molar-refractivity contribution in [3.8, 4) is 17.2 Å². The maximum atomic E-state index is 13.6. The topological polar surface area (TPSA) is 107 Å². The van der Waals surface area contributed by atoms with Crippen molar-refractivity contribution in [3.63, 3.8) is 0 Å². The number of rotatable bonds is 13. The van der Waals surface area contributed by atoms with Gasteiger partial charge in [0.15, 0.2) is 11.5 Å². The van der Waals surface area contributed by atoms with Crippen LogP contribution < -0.4 is 23.9 Å². The van der Waals surface area contributed by atoms with Crippen molar-refractivity contribution in [1.29, 1.82) is 0 Å². The van der Waals surface area contributed by atoms with Crippen molar-refractivity contribution < 1.29 is 27.4 Å². The fraction of sp³-hybridized carbons (Fsp3) is 0.161. The summed E-state index contributed by atoms with van der Waals surface area (Å²) in [5.74, 6) is 0.901. The molecule has 0 fully saturated rings. The van der Waals surface area contributed by atoms with Gasteiger partial charge in [-0.05, 0) is 94.6 Å². The number of nitrogens with zero attached hydrogens (tertiary/aromatic N) is 2. The third kappa shape index (κ3) is 8.50. The summed E-state index contributed by atoms with van der Waals surface area (Å²) in [6.07, 6.45) is 1.42. The molecule has 0 spiro atoms. The van der Waals surface area contributed by atoms with E-state index >= 15 is 0 Å². The van der Waals surface area contributed by atoms with E-state index in [1.54, 1.807) is 36.4 Å². The lowest BCUT2D eigenvalue weighted by atomic mass is 10.2. The van der Waals surface area contributed by atoms with E-state index in [0.29, 0.717) is 45.5 Å². The number of amides is 1. The lowest BCUT2D eigenvalue weighted by molar-refractivity contribution is -0.119. The number of hydrogen-bond donors (Lipinski definition) is 1. The third-order valence-electron chi connectivity index (χ3n) is 6.01. The molecule has 1 N–H and O–H groups in total. The highest BCUT2D eigenvalue weighted by molar-refractivity contribution is 9.10. The van der Waals surface area contributed by atoms with Gasteiger partial charge in [-0.25, -0.2) is 13.8 Å². The molecule has 12 heteroatoms. The Morgan fingerprint density at radius 2 is 1.70 bits per heavy atom. The Balaban J connectivity index is 1.50. The lowest BCUT2D eigenvalue weighted by Gasteiger charge is -2.24. The maximum Gasteiger partial charge on any atom is 0.264 e. The van der Waals surface area contributed by atoms with Crippen LogP contribution in [0.3, 0.4) is 0 Å². The summed E-state index contributed by atoms with van der Waals surface area (Å²) in [6, 6.07) is 25.3. The van der Waals surface area contributed by atoms with E-state index in [4.69, 9.17) is 25.8 Å². The summed E-state index contributed by atoms with van der Waals surface area (Å²) >= 11 is 9.47. The zero-order valence-electron chi connectivity index (χ0n) is 23.4. The molecule has 43 heavy (non-hydrogen) atoms. The van der Waals surface area contributed by atoms with Crippen LogP contribution in [0.5, 0.6) is 17.2 Å². The highest BCUT2D eigenvalue weighted by atomic mass is 79.9. The number of hydrogen-bond acceptors (Lipinski definition) is 7. The first kappa shape index (κ1) is 31.9. The second-order valence-corrected chi connectivity index (χ2v) is 12.1. The molecule has 0 saturated heterocycles. The van der Waals surface area contributed by atoms with E-state index in [-0.39, 0.29) is 10.6 Å². The number of benzene rings is 4. The molecule has 4 aromatic carbocycles. The molecule has 4 aromatic rings. The predicted molar refractivity (Wildman–Crippen MR) is 171 cm³/mol. The monoisotopic (exact) mass is 685 g/mol. The van der Waals surface area contributed by atoms with Crippen LogP contribution in [0.25, 0.3) is 0 Å². The molecule has 0 aliphatic heterocycles. The van der Waals surface area contributed by atoms with Crippen LogP contribution in [-0.2, 0) is 21.4 Å². The highest BCUT2D eigenvalue weighted by Gasteiger charge is 2.27. The van der Waals surface area contributed by atoms with Gasteiger partial charge < -0.3 is 14.2 Å². The van der Waals surface area contributed by atoms with Gasteiger partial charge >= 0.3 is 0 Å². The van der Waals surface area contributed by atoms with Gasteiger partial charge in [-0.1, -0.05) is 41.9 Å². The molecule has 0 aliphatic carbocycles. The van der Waals surface area contributed by atoms with E-state index in [0.717, 1.165) is 9.87 Å². The molecule has 0 unspecified atom stereocenters. The maximum absolute atomic E-state index is 13.6. The summed E-state index contributed by atoms with van der Waals surface area (Å²) in [5, 5.41) is 4.42. The summed E-state index contributed by atoms with van der Waals surface area (Å²) in [6.45, 7) is 2.12. The molecule has 0 atom stereocenters. The Labute approximate surface area is 264 Å². The number of sulfonamides is 1. The minimum Gasteiger partial charge on any atom is -0.494 e. The molecule has 0 aliphatic rings. The molecule has 224 valence electrons. The molecule has 1 amide bonds. The van der Waals surface area contributed by atoms with Crippen molar-refractivity contribution in [2.24, 2.45) is 5.10 Å². The Hall–Kier alpha value is -4.06. The predicted octanol–water partition coefficient (Wildman–Crippen LogP) is 6.43. The van der Waals surface area contributed by atoms with Crippen LogP contribution in [-0.4, -0.2) is 40.8 Å². The van der Waals surface area contributed by atoms with Crippen LogP contribution in [0.4, 0.5) is 5.69 Å². The first-order chi connectivity index (χ1) is 20.7. The minimum absolute atomic E-state index is 0.0198. The van der Waals surface area contributed by atoms with Crippen molar-refractivity contribution in [3.05, 3.63) is 112 Å². The molecular weight excluding hydrogens is 658 g/mol. The fourth-order valence-electron chi connectivity index (χ4n) is 3.95. The molecule has 0 heterocycles. The average Bonchev–Trinajstić information content (AvgIpc) is 3.00. The van der Waals surface area contributed by atoms with E-state index < -0.39 is 22.5 Å². The van der Waals surface area contributed by atoms with Crippen LogP contribution >= 0.6 is 27.5 Å². The molecule has 0 radical (unpaired) electrons. The van der Waals surface area contributed by atoms with E-state index in [1.165, 1.54) is 37.6 Å². The van der Waals surface area contributed by atoms with Crippen molar-refractivity contribution in [2.45, 2.75) is 18.4 Å². The molecule has 4 rings (SSSR count). The van der Waals surface area contributed by atoms with Gasteiger partial charge in [-0.15, -0.1) is 0 Å². The number of anilines is 1.